The number of ether oxygens (including phenoxy) is 1. The smallest absolute Gasteiger partial charge is 0.407 e. The second-order valence-corrected chi connectivity index (χ2v) is 7.44. The van der Waals surface area contributed by atoms with Crippen LogP contribution in [0.1, 0.15) is 53.5 Å². The van der Waals surface area contributed by atoms with E-state index >= 15 is 0 Å². The van der Waals surface area contributed by atoms with Gasteiger partial charge < -0.3 is 19.9 Å². The standard InChI is InChI=1S/C18H33N3O2/c1-7-21-9-8-15(13-21)11-19-16(10-14(2)3)12-20-17(22)23-18(4,5)6/h8-9,13-14,16,19H,7,10-12H2,1-6H3,(H,20,22). The highest BCUT2D eigenvalue weighted by Crippen LogP contribution is 2.09. The first-order valence-corrected chi connectivity index (χ1v) is 8.54. The number of rotatable bonds is 8. The second-order valence-electron chi connectivity index (χ2n) is 7.44. The molecule has 0 aliphatic heterocycles. The van der Waals surface area contributed by atoms with Crippen molar-refractivity contribution in [2.45, 2.75) is 72.7 Å². The van der Waals surface area contributed by atoms with Gasteiger partial charge in [0.1, 0.15) is 5.60 Å². The predicted octanol–water partition coefficient (Wildman–Crippen LogP) is 3.54. The third-order valence-corrected chi connectivity index (χ3v) is 3.42. The number of nitrogens with one attached hydrogen (secondary N) is 2. The number of aryl methyl sites for hydroxylation is 1. The normalized spacial score (nSPS) is 13.2. The number of hydrogen-bond acceptors (Lipinski definition) is 3. The van der Waals surface area contributed by atoms with E-state index in [9.17, 15) is 4.79 Å². The highest BCUT2D eigenvalue weighted by atomic mass is 16.6. The van der Waals surface area contributed by atoms with Crippen LogP contribution < -0.4 is 10.6 Å². The van der Waals surface area contributed by atoms with Crippen molar-refractivity contribution in [3.8, 4) is 0 Å². The number of carbonyl (C=O) groups is 1. The maximum atomic E-state index is 11.8. The van der Waals surface area contributed by atoms with Crippen LogP contribution in [0.4, 0.5) is 4.79 Å². The number of alkyl carbamates (subject to hydrolysis) is 1. The van der Waals surface area contributed by atoms with E-state index in [0.29, 0.717) is 12.5 Å². The van der Waals surface area contributed by atoms with E-state index < -0.39 is 5.60 Å². The van der Waals surface area contributed by atoms with Crippen LogP contribution in [0, 0.1) is 5.92 Å². The van der Waals surface area contributed by atoms with Crippen LogP contribution in [-0.4, -0.2) is 28.8 Å². The van der Waals surface area contributed by atoms with Gasteiger partial charge >= 0.3 is 6.09 Å². The number of nitrogens with zero attached hydrogens (tertiary/aromatic N) is 1. The first-order chi connectivity index (χ1) is 10.7. The van der Waals surface area contributed by atoms with Crippen LogP contribution in [0.2, 0.25) is 0 Å². The first-order valence-electron chi connectivity index (χ1n) is 8.54. The summed E-state index contributed by atoms with van der Waals surface area (Å²) in [5.41, 5.74) is 0.798. The molecule has 1 atom stereocenters. The molecule has 0 aliphatic carbocycles. The fourth-order valence-electron chi connectivity index (χ4n) is 2.38. The Balaban J connectivity index is 2.47. The molecule has 1 unspecified atom stereocenters. The summed E-state index contributed by atoms with van der Waals surface area (Å²) in [5.74, 6) is 0.563. The zero-order valence-corrected chi connectivity index (χ0v) is 15.5. The summed E-state index contributed by atoms with van der Waals surface area (Å²) in [5, 5.41) is 6.41. The summed E-state index contributed by atoms with van der Waals surface area (Å²) < 4.78 is 7.45. The molecule has 5 heteroatoms. The van der Waals surface area contributed by atoms with Gasteiger partial charge in [0.15, 0.2) is 0 Å². The van der Waals surface area contributed by atoms with E-state index in [2.05, 4.69) is 54.4 Å². The molecule has 1 aromatic rings. The van der Waals surface area contributed by atoms with E-state index in [0.717, 1.165) is 19.5 Å². The monoisotopic (exact) mass is 323 g/mol. The van der Waals surface area contributed by atoms with E-state index in [-0.39, 0.29) is 12.1 Å². The molecule has 1 amide bonds. The van der Waals surface area contributed by atoms with Gasteiger partial charge in [-0.05, 0) is 51.7 Å². The molecule has 0 saturated carbocycles. The summed E-state index contributed by atoms with van der Waals surface area (Å²) in [6.45, 7) is 14.5. The lowest BCUT2D eigenvalue weighted by molar-refractivity contribution is 0.0521. The maximum absolute atomic E-state index is 11.8. The zero-order valence-electron chi connectivity index (χ0n) is 15.5. The molecule has 0 aromatic carbocycles. The Labute approximate surface area is 140 Å². The van der Waals surface area contributed by atoms with E-state index in [1.165, 1.54) is 5.56 Å². The summed E-state index contributed by atoms with van der Waals surface area (Å²) in [6, 6.07) is 2.36. The zero-order chi connectivity index (χ0) is 17.5. The van der Waals surface area contributed by atoms with E-state index in [4.69, 9.17) is 4.74 Å². The van der Waals surface area contributed by atoms with Crippen LogP contribution in [-0.2, 0) is 17.8 Å². The lowest BCUT2D eigenvalue weighted by Gasteiger charge is -2.23. The van der Waals surface area contributed by atoms with E-state index in [1.54, 1.807) is 0 Å². The van der Waals surface area contributed by atoms with Crippen molar-refractivity contribution in [1.82, 2.24) is 15.2 Å². The topological polar surface area (TPSA) is 55.3 Å². The molecule has 5 nitrogen and oxygen atoms in total. The summed E-state index contributed by atoms with van der Waals surface area (Å²) in [7, 11) is 0. The molecule has 1 heterocycles. The lowest BCUT2D eigenvalue weighted by Crippen LogP contribution is -2.43. The number of hydrogen-bond donors (Lipinski definition) is 2. The van der Waals surface area contributed by atoms with Crippen molar-refractivity contribution in [2.24, 2.45) is 5.92 Å². The number of amides is 1. The highest BCUT2D eigenvalue weighted by molar-refractivity contribution is 5.67. The first kappa shape index (κ1) is 19.6. The van der Waals surface area contributed by atoms with Gasteiger partial charge in [-0.3, -0.25) is 0 Å². The van der Waals surface area contributed by atoms with Crippen LogP contribution >= 0.6 is 0 Å². The molecule has 0 saturated heterocycles. The quantitative estimate of drug-likeness (QED) is 0.769. The van der Waals surface area contributed by atoms with Gasteiger partial charge in [-0.2, -0.15) is 0 Å². The molecule has 1 rings (SSSR count). The molecule has 0 spiro atoms. The molecule has 23 heavy (non-hydrogen) atoms. The highest BCUT2D eigenvalue weighted by Gasteiger charge is 2.18. The SMILES string of the molecule is CCn1ccc(CNC(CNC(=O)OC(C)(C)C)CC(C)C)c1. The van der Waals surface area contributed by atoms with Crippen molar-refractivity contribution in [3.05, 3.63) is 24.0 Å². The largest absolute Gasteiger partial charge is 0.444 e. The van der Waals surface area contributed by atoms with Crippen molar-refractivity contribution in [2.75, 3.05) is 6.54 Å². The number of carbonyl (C=O) groups excluding carboxylic acids is 1. The Morgan fingerprint density at radius 2 is 2.04 bits per heavy atom. The van der Waals surface area contributed by atoms with Gasteiger partial charge in [-0.1, -0.05) is 13.8 Å². The van der Waals surface area contributed by atoms with Crippen LogP contribution in [0.15, 0.2) is 18.5 Å². The second kappa shape index (κ2) is 8.96. The third-order valence-electron chi connectivity index (χ3n) is 3.42. The van der Waals surface area contributed by atoms with Gasteiger partial charge in [-0.25, -0.2) is 4.79 Å². The van der Waals surface area contributed by atoms with Crippen molar-refractivity contribution < 1.29 is 9.53 Å². The molecule has 0 radical (unpaired) electrons. The minimum atomic E-state index is -0.464. The van der Waals surface area contributed by atoms with Crippen LogP contribution in [0.3, 0.4) is 0 Å². The summed E-state index contributed by atoms with van der Waals surface area (Å²) in [6.07, 6.45) is 4.89. The molecule has 0 fully saturated rings. The summed E-state index contributed by atoms with van der Waals surface area (Å²) in [4.78, 5) is 11.8. The molecular formula is C18H33N3O2. The molecule has 132 valence electrons. The van der Waals surface area contributed by atoms with Crippen LogP contribution in [0.25, 0.3) is 0 Å². The van der Waals surface area contributed by atoms with Crippen molar-refractivity contribution >= 4 is 6.09 Å². The fraction of sp³-hybridized carbons (Fsp3) is 0.722. The maximum Gasteiger partial charge on any atom is 0.407 e. The minimum Gasteiger partial charge on any atom is -0.444 e. The molecule has 0 bridgehead atoms. The Kier molecular flexibility index (Phi) is 7.62. The molecule has 1 aromatic heterocycles. The Hall–Kier alpha value is -1.49. The van der Waals surface area contributed by atoms with Gasteiger partial charge in [0.2, 0.25) is 0 Å². The van der Waals surface area contributed by atoms with Crippen molar-refractivity contribution in [3.63, 3.8) is 0 Å². The molecule has 0 aliphatic rings. The Bertz CT molecular complexity index is 475. The Morgan fingerprint density at radius 1 is 1.35 bits per heavy atom. The predicted molar refractivity (Wildman–Crippen MR) is 94.4 cm³/mol. The average molecular weight is 323 g/mol. The van der Waals surface area contributed by atoms with E-state index in [1.807, 2.05) is 20.8 Å². The van der Waals surface area contributed by atoms with Crippen molar-refractivity contribution in [1.29, 1.82) is 0 Å². The van der Waals surface area contributed by atoms with Crippen LogP contribution in [0.5, 0.6) is 0 Å². The fourth-order valence-corrected chi connectivity index (χ4v) is 2.38. The molecule has 2 N–H and O–H groups in total. The van der Waals surface area contributed by atoms with Gasteiger partial charge in [0.25, 0.3) is 0 Å². The van der Waals surface area contributed by atoms with Gasteiger partial charge in [-0.15, -0.1) is 0 Å². The van der Waals surface area contributed by atoms with Gasteiger partial charge in [0.05, 0.1) is 0 Å². The van der Waals surface area contributed by atoms with Gasteiger partial charge in [0, 0.05) is 38.1 Å². The minimum absolute atomic E-state index is 0.229. The third kappa shape index (κ3) is 8.65. The molecular weight excluding hydrogens is 290 g/mol. The Morgan fingerprint density at radius 3 is 2.57 bits per heavy atom. The average Bonchev–Trinajstić information content (AvgIpc) is 2.87. The number of aromatic nitrogens is 1. The summed E-state index contributed by atoms with van der Waals surface area (Å²) >= 11 is 0. The lowest BCUT2D eigenvalue weighted by atomic mass is 10.0.